The smallest absolute Gasteiger partial charge is 0.254 e. The lowest BCUT2D eigenvalue weighted by Crippen LogP contribution is -2.33. The molecule has 86 valence electrons. The normalized spacial score (nSPS) is 20.1. The van der Waals surface area contributed by atoms with Gasteiger partial charge in [-0.05, 0) is 37.5 Å². The van der Waals surface area contributed by atoms with Gasteiger partial charge in [0, 0.05) is 24.0 Å². The van der Waals surface area contributed by atoms with Crippen molar-refractivity contribution in [1.82, 2.24) is 4.90 Å². The number of carbonyl (C=O) groups is 1. The van der Waals surface area contributed by atoms with Gasteiger partial charge in [0.05, 0.1) is 0 Å². The lowest BCUT2D eigenvalue weighted by atomic mass is 10.1. The Balaban J connectivity index is 2.14. The van der Waals surface area contributed by atoms with E-state index in [9.17, 15) is 4.79 Å². The molecule has 0 saturated carbocycles. The molecule has 0 bridgehead atoms. The van der Waals surface area contributed by atoms with Gasteiger partial charge in [0.15, 0.2) is 0 Å². The van der Waals surface area contributed by atoms with E-state index in [0.717, 1.165) is 30.5 Å². The van der Waals surface area contributed by atoms with Crippen LogP contribution in [0.4, 0.5) is 0 Å². The molecule has 2 rings (SSSR count). The van der Waals surface area contributed by atoms with Crippen molar-refractivity contribution in [3.63, 3.8) is 0 Å². The fourth-order valence-corrected chi connectivity index (χ4v) is 2.32. The van der Waals surface area contributed by atoms with Crippen LogP contribution in [0.2, 0.25) is 0 Å². The number of rotatable bonds is 2. The third-order valence-electron chi connectivity index (χ3n) is 3.17. The van der Waals surface area contributed by atoms with E-state index in [4.69, 9.17) is 11.6 Å². The minimum Gasteiger partial charge on any atom is -0.336 e. The monoisotopic (exact) mass is 237 g/mol. The lowest BCUT2D eigenvalue weighted by molar-refractivity contribution is 0.0747. The van der Waals surface area contributed by atoms with Crippen molar-refractivity contribution < 1.29 is 4.79 Å². The van der Waals surface area contributed by atoms with Gasteiger partial charge in [0.25, 0.3) is 5.91 Å². The van der Waals surface area contributed by atoms with E-state index in [0.29, 0.717) is 11.9 Å². The quantitative estimate of drug-likeness (QED) is 0.724. The summed E-state index contributed by atoms with van der Waals surface area (Å²) in [6, 6.07) is 7.94. The largest absolute Gasteiger partial charge is 0.336 e. The zero-order valence-electron chi connectivity index (χ0n) is 9.45. The standard InChI is InChI=1S/C13H16ClNO/c1-10-3-2-8-15(10)13(16)12-6-4-11(9-14)5-7-12/h4-7,10H,2-3,8-9H2,1H3. The highest BCUT2D eigenvalue weighted by atomic mass is 35.5. The van der Waals surface area contributed by atoms with Gasteiger partial charge < -0.3 is 4.90 Å². The van der Waals surface area contributed by atoms with Crippen LogP contribution in [0.3, 0.4) is 0 Å². The number of benzene rings is 1. The molecule has 0 aromatic heterocycles. The molecule has 0 radical (unpaired) electrons. The molecule has 1 aromatic rings. The van der Waals surface area contributed by atoms with Crippen molar-refractivity contribution in [2.75, 3.05) is 6.54 Å². The van der Waals surface area contributed by atoms with Crippen LogP contribution in [0.25, 0.3) is 0 Å². The maximum Gasteiger partial charge on any atom is 0.254 e. The molecule has 1 heterocycles. The van der Waals surface area contributed by atoms with E-state index in [1.807, 2.05) is 29.2 Å². The highest BCUT2D eigenvalue weighted by Crippen LogP contribution is 2.19. The Kier molecular flexibility index (Phi) is 3.49. The summed E-state index contributed by atoms with van der Waals surface area (Å²) in [4.78, 5) is 14.1. The molecule has 0 spiro atoms. The van der Waals surface area contributed by atoms with Crippen LogP contribution in [-0.2, 0) is 5.88 Å². The number of halogens is 1. The molecule has 1 amide bonds. The Morgan fingerprint density at radius 3 is 2.62 bits per heavy atom. The summed E-state index contributed by atoms with van der Waals surface area (Å²) >= 11 is 5.71. The summed E-state index contributed by atoms with van der Waals surface area (Å²) in [5, 5.41) is 0. The molecule has 1 unspecified atom stereocenters. The van der Waals surface area contributed by atoms with Gasteiger partial charge in [0.1, 0.15) is 0 Å². The molecule has 1 saturated heterocycles. The minimum absolute atomic E-state index is 0.145. The Morgan fingerprint density at radius 2 is 2.12 bits per heavy atom. The van der Waals surface area contributed by atoms with Crippen molar-refractivity contribution >= 4 is 17.5 Å². The maximum absolute atomic E-state index is 12.1. The second-order valence-electron chi connectivity index (χ2n) is 4.32. The Hall–Kier alpha value is -1.02. The third-order valence-corrected chi connectivity index (χ3v) is 3.48. The molecule has 16 heavy (non-hydrogen) atoms. The molecule has 3 heteroatoms. The van der Waals surface area contributed by atoms with Crippen molar-refractivity contribution in [3.8, 4) is 0 Å². The van der Waals surface area contributed by atoms with Crippen LogP contribution in [0.15, 0.2) is 24.3 Å². The molecule has 1 aliphatic heterocycles. The topological polar surface area (TPSA) is 20.3 Å². The molecule has 0 aliphatic carbocycles. The van der Waals surface area contributed by atoms with Crippen molar-refractivity contribution in [2.45, 2.75) is 31.7 Å². The van der Waals surface area contributed by atoms with Gasteiger partial charge in [0.2, 0.25) is 0 Å². The van der Waals surface area contributed by atoms with Crippen LogP contribution in [0, 0.1) is 0 Å². The van der Waals surface area contributed by atoms with E-state index >= 15 is 0 Å². The summed E-state index contributed by atoms with van der Waals surface area (Å²) < 4.78 is 0. The van der Waals surface area contributed by atoms with E-state index in [1.165, 1.54) is 0 Å². The average molecular weight is 238 g/mol. The molecule has 2 nitrogen and oxygen atoms in total. The zero-order chi connectivity index (χ0) is 11.5. The van der Waals surface area contributed by atoms with Crippen LogP contribution in [-0.4, -0.2) is 23.4 Å². The van der Waals surface area contributed by atoms with E-state index in [1.54, 1.807) is 0 Å². The Bertz CT molecular complexity index is 374. The summed E-state index contributed by atoms with van der Waals surface area (Å²) in [6.07, 6.45) is 2.23. The van der Waals surface area contributed by atoms with Gasteiger partial charge in [-0.2, -0.15) is 0 Å². The number of alkyl halides is 1. The minimum atomic E-state index is 0.145. The van der Waals surface area contributed by atoms with Crippen LogP contribution in [0.1, 0.15) is 35.7 Å². The van der Waals surface area contributed by atoms with Gasteiger partial charge >= 0.3 is 0 Å². The van der Waals surface area contributed by atoms with Gasteiger partial charge in [-0.1, -0.05) is 12.1 Å². The van der Waals surface area contributed by atoms with E-state index in [-0.39, 0.29) is 5.91 Å². The Morgan fingerprint density at radius 1 is 1.44 bits per heavy atom. The first-order chi connectivity index (χ1) is 7.72. The number of hydrogen-bond donors (Lipinski definition) is 0. The summed E-state index contributed by atoms with van der Waals surface area (Å²) in [6.45, 7) is 3.00. The van der Waals surface area contributed by atoms with Crippen LogP contribution in [0.5, 0.6) is 0 Å². The van der Waals surface area contributed by atoms with Crippen molar-refractivity contribution in [2.24, 2.45) is 0 Å². The fourth-order valence-electron chi connectivity index (χ4n) is 2.14. The lowest BCUT2D eigenvalue weighted by Gasteiger charge is -2.21. The first-order valence-electron chi connectivity index (χ1n) is 5.68. The molecule has 1 atom stereocenters. The first kappa shape index (κ1) is 11.5. The molecule has 0 N–H and O–H groups in total. The molecular weight excluding hydrogens is 222 g/mol. The van der Waals surface area contributed by atoms with Gasteiger partial charge in [-0.25, -0.2) is 0 Å². The fraction of sp³-hybridized carbons (Fsp3) is 0.462. The summed E-state index contributed by atoms with van der Waals surface area (Å²) in [7, 11) is 0. The predicted octanol–water partition coefficient (Wildman–Crippen LogP) is 3.05. The molecule has 1 fully saturated rings. The first-order valence-corrected chi connectivity index (χ1v) is 6.21. The second-order valence-corrected chi connectivity index (χ2v) is 4.59. The van der Waals surface area contributed by atoms with Gasteiger partial charge in [-0.15, -0.1) is 11.6 Å². The summed E-state index contributed by atoms with van der Waals surface area (Å²) in [5.41, 5.74) is 1.82. The summed E-state index contributed by atoms with van der Waals surface area (Å²) in [5.74, 6) is 0.639. The molecular formula is C13H16ClNO. The predicted molar refractivity (Wildman–Crippen MR) is 65.7 cm³/mol. The Labute approximate surface area is 101 Å². The zero-order valence-corrected chi connectivity index (χ0v) is 10.2. The molecule has 1 aromatic carbocycles. The second kappa shape index (κ2) is 4.88. The molecule has 1 aliphatic rings. The van der Waals surface area contributed by atoms with Crippen LogP contribution >= 0.6 is 11.6 Å². The number of nitrogens with zero attached hydrogens (tertiary/aromatic N) is 1. The van der Waals surface area contributed by atoms with Gasteiger partial charge in [-0.3, -0.25) is 4.79 Å². The number of hydrogen-bond acceptors (Lipinski definition) is 1. The van der Waals surface area contributed by atoms with Crippen molar-refractivity contribution in [3.05, 3.63) is 35.4 Å². The van der Waals surface area contributed by atoms with E-state index < -0.39 is 0 Å². The number of carbonyl (C=O) groups excluding carboxylic acids is 1. The van der Waals surface area contributed by atoms with Crippen molar-refractivity contribution in [1.29, 1.82) is 0 Å². The maximum atomic E-state index is 12.1. The van der Waals surface area contributed by atoms with E-state index in [2.05, 4.69) is 6.92 Å². The SMILES string of the molecule is CC1CCCN1C(=O)c1ccc(CCl)cc1. The number of likely N-dealkylation sites (tertiary alicyclic amines) is 1. The highest BCUT2D eigenvalue weighted by Gasteiger charge is 2.25. The van der Waals surface area contributed by atoms with Crippen LogP contribution < -0.4 is 0 Å². The average Bonchev–Trinajstić information content (AvgIpc) is 2.75. The third kappa shape index (κ3) is 2.22. The number of amides is 1. The highest BCUT2D eigenvalue weighted by molar-refractivity contribution is 6.17.